The van der Waals surface area contributed by atoms with E-state index in [2.05, 4.69) is 12.2 Å². The zero-order chi connectivity index (χ0) is 10.1. The van der Waals surface area contributed by atoms with E-state index in [1.165, 1.54) is 4.88 Å². The number of nitrogens with one attached hydrogen (secondary N) is 1. The van der Waals surface area contributed by atoms with Crippen LogP contribution in [0.1, 0.15) is 28.6 Å². The predicted octanol–water partition coefficient (Wildman–Crippen LogP) is 2.24. The van der Waals surface area contributed by atoms with Crippen LogP contribution in [-0.4, -0.2) is 18.4 Å². The number of rotatable bonds is 2. The third kappa shape index (κ3) is 1.74. The average molecular weight is 209 g/mol. The third-order valence-corrected chi connectivity index (χ3v) is 3.74. The van der Waals surface area contributed by atoms with Crippen molar-refractivity contribution in [3.8, 4) is 0 Å². The Morgan fingerprint density at radius 1 is 1.64 bits per heavy atom. The first-order valence-corrected chi connectivity index (χ1v) is 5.89. The van der Waals surface area contributed by atoms with Crippen molar-refractivity contribution >= 4 is 17.1 Å². The summed E-state index contributed by atoms with van der Waals surface area (Å²) >= 11 is 1.65. The van der Waals surface area contributed by atoms with E-state index in [9.17, 15) is 4.79 Å². The minimum absolute atomic E-state index is 0.184. The third-order valence-electron chi connectivity index (χ3n) is 2.88. The lowest BCUT2D eigenvalue weighted by Crippen LogP contribution is -2.27. The summed E-state index contributed by atoms with van der Waals surface area (Å²) < 4.78 is 0. The van der Waals surface area contributed by atoms with Crippen molar-refractivity contribution in [2.45, 2.75) is 26.3 Å². The largest absolute Gasteiger partial charge is 0.313 e. The van der Waals surface area contributed by atoms with Gasteiger partial charge in [-0.05, 0) is 32.9 Å². The summed E-state index contributed by atoms with van der Waals surface area (Å²) in [6, 6.07) is 2.33. The molecule has 14 heavy (non-hydrogen) atoms. The highest BCUT2D eigenvalue weighted by atomic mass is 32.1. The second-order valence-corrected chi connectivity index (χ2v) is 5.06. The molecule has 0 radical (unpaired) electrons. The number of hydrogen-bond acceptors (Lipinski definition) is 3. The molecule has 1 N–H and O–H groups in total. The average Bonchev–Trinajstić information content (AvgIpc) is 2.73. The molecule has 3 heteroatoms. The van der Waals surface area contributed by atoms with Crippen LogP contribution in [0.5, 0.6) is 0 Å². The predicted molar refractivity (Wildman–Crippen MR) is 59.0 cm³/mol. The van der Waals surface area contributed by atoms with Crippen LogP contribution in [0.25, 0.3) is 0 Å². The fourth-order valence-corrected chi connectivity index (χ4v) is 2.70. The summed E-state index contributed by atoms with van der Waals surface area (Å²) in [7, 11) is 0. The maximum absolute atomic E-state index is 12.0. The molecule has 1 aromatic heterocycles. The Morgan fingerprint density at radius 2 is 2.43 bits per heavy atom. The Morgan fingerprint density at radius 3 is 2.93 bits per heavy atom. The zero-order valence-electron chi connectivity index (χ0n) is 8.54. The topological polar surface area (TPSA) is 29.1 Å². The van der Waals surface area contributed by atoms with E-state index in [0.717, 1.165) is 18.5 Å². The SMILES string of the molecule is Cc1cc(C(=O)C2CCNC2C)cs1. The van der Waals surface area contributed by atoms with E-state index < -0.39 is 0 Å². The van der Waals surface area contributed by atoms with E-state index in [1.807, 2.05) is 18.4 Å². The minimum atomic E-state index is 0.184. The van der Waals surface area contributed by atoms with Crippen molar-refractivity contribution in [2.24, 2.45) is 5.92 Å². The van der Waals surface area contributed by atoms with E-state index in [4.69, 9.17) is 0 Å². The van der Waals surface area contributed by atoms with E-state index in [-0.39, 0.29) is 5.92 Å². The number of hydrogen-bond donors (Lipinski definition) is 1. The molecule has 2 nitrogen and oxygen atoms in total. The molecule has 0 amide bonds. The molecular formula is C11H15NOS. The molecule has 1 aromatic rings. The number of carbonyl (C=O) groups excluding carboxylic acids is 1. The Balaban J connectivity index is 2.15. The molecule has 1 fully saturated rings. The monoisotopic (exact) mass is 209 g/mol. The van der Waals surface area contributed by atoms with Crippen LogP contribution >= 0.6 is 11.3 Å². The van der Waals surface area contributed by atoms with E-state index in [0.29, 0.717) is 11.8 Å². The Hall–Kier alpha value is -0.670. The maximum atomic E-state index is 12.0. The van der Waals surface area contributed by atoms with Gasteiger partial charge in [-0.15, -0.1) is 11.3 Å². The van der Waals surface area contributed by atoms with Crippen LogP contribution in [0, 0.1) is 12.8 Å². The first-order chi connectivity index (χ1) is 6.68. The van der Waals surface area contributed by atoms with Crippen LogP contribution in [0.3, 0.4) is 0 Å². The highest BCUT2D eigenvalue weighted by Gasteiger charge is 2.30. The fraction of sp³-hybridized carbons (Fsp3) is 0.545. The summed E-state index contributed by atoms with van der Waals surface area (Å²) in [5.41, 5.74) is 0.896. The van der Waals surface area contributed by atoms with Gasteiger partial charge in [0.2, 0.25) is 0 Å². The fourth-order valence-electron chi connectivity index (χ4n) is 2.00. The highest BCUT2D eigenvalue weighted by Crippen LogP contribution is 2.23. The highest BCUT2D eigenvalue weighted by molar-refractivity contribution is 7.10. The van der Waals surface area contributed by atoms with Crippen molar-refractivity contribution in [2.75, 3.05) is 6.54 Å². The molecule has 0 saturated carbocycles. The molecule has 2 heterocycles. The number of aryl methyl sites for hydroxylation is 1. The van der Waals surface area contributed by atoms with Gasteiger partial charge in [0.05, 0.1) is 0 Å². The van der Waals surface area contributed by atoms with Crippen LogP contribution in [0.15, 0.2) is 11.4 Å². The molecule has 1 saturated heterocycles. The second kappa shape index (κ2) is 3.83. The van der Waals surface area contributed by atoms with Gasteiger partial charge in [0.25, 0.3) is 0 Å². The van der Waals surface area contributed by atoms with Gasteiger partial charge in [-0.2, -0.15) is 0 Å². The van der Waals surface area contributed by atoms with Crippen molar-refractivity contribution in [1.82, 2.24) is 5.32 Å². The molecule has 76 valence electrons. The lowest BCUT2D eigenvalue weighted by Gasteiger charge is -2.12. The molecular weight excluding hydrogens is 194 g/mol. The van der Waals surface area contributed by atoms with Crippen LogP contribution in [-0.2, 0) is 0 Å². The van der Waals surface area contributed by atoms with E-state index in [1.54, 1.807) is 11.3 Å². The Labute approximate surface area is 88.3 Å². The Kier molecular flexibility index (Phi) is 2.70. The molecule has 2 rings (SSSR count). The van der Waals surface area contributed by atoms with Crippen molar-refractivity contribution in [3.63, 3.8) is 0 Å². The first kappa shape index (κ1) is 9.87. The molecule has 0 spiro atoms. The lowest BCUT2D eigenvalue weighted by molar-refractivity contribution is 0.0914. The quantitative estimate of drug-likeness (QED) is 0.757. The van der Waals surface area contributed by atoms with Gasteiger partial charge in [0, 0.05) is 27.8 Å². The normalized spacial score (nSPS) is 26.7. The molecule has 2 unspecified atom stereocenters. The molecule has 0 aliphatic carbocycles. The van der Waals surface area contributed by atoms with Crippen LogP contribution < -0.4 is 5.32 Å². The number of Topliss-reactive ketones (excluding diaryl/α,β-unsaturated/α-hetero) is 1. The molecule has 0 bridgehead atoms. The van der Waals surface area contributed by atoms with Crippen molar-refractivity contribution < 1.29 is 4.79 Å². The van der Waals surface area contributed by atoms with Crippen molar-refractivity contribution in [3.05, 3.63) is 21.9 Å². The van der Waals surface area contributed by atoms with Gasteiger partial charge >= 0.3 is 0 Å². The van der Waals surface area contributed by atoms with Gasteiger partial charge in [0.15, 0.2) is 5.78 Å². The molecule has 1 aliphatic rings. The summed E-state index contributed by atoms with van der Waals surface area (Å²) in [6.45, 7) is 5.10. The molecule has 1 aliphatic heterocycles. The summed E-state index contributed by atoms with van der Waals surface area (Å²) in [4.78, 5) is 13.3. The Bertz CT molecular complexity index is 345. The summed E-state index contributed by atoms with van der Waals surface area (Å²) in [5, 5.41) is 5.28. The van der Waals surface area contributed by atoms with Crippen molar-refractivity contribution in [1.29, 1.82) is 0 Å². The van der Waals surface area contributed by atoms with Gasteiger partial charge in [-0.25, -0.2) is 0 Å². The van der Waals surface area contributed by atoms with Crippen LogP contribution in [0.4, 0.5) is 0 Å². The zero-order valence-corrected chi connectivity index (χ0v) is 9.36. The standard InChI is InChI=1S/C11H15NOS/c1-7-5-9(6-14-7)11(13)10-3-4-12-8(10)2/h5-6,8,10,12H,3-4H2,1-2H3. The summed E-state index contributed by atoms with van der Waals surface area (Å²) in [5.74, 6) is 0.496. The second-order valence-electron chi connectivity index (χ2n) is 3.95. The van der Waals surface area contributed by atoms with Gasteiger partial charge in [-0.3, -0.25) is 4.79 Å². The van der Waals surface area contributed by atoms with Gasteiger partial charge in [0.1, 0.15) is 0 Å². The summed E-state index contributed by atoms with van der Waals surface area (Å²) in [6.07, 6.45) is 0.981. The minimum Gasteiger partial charge on any atom is -0.313 e. The number of thiophene rings is 1. The molecule has 0 aromatic carbocycles. The number of ketones is 1. The number of carbonyl (C=O) groups is 1. The first-order valence-electron chi connectivity index (χ1n) is 5.01. The van der Waals surface area contributed by atoms with E-state index >= 15 is 0 Å². The smallest absolute Gasteiger partial charge is 0.168 e. The maximum Gasteiger partial charge on any atom is 0.168 e. The lowest BCUT2D eigenvalue weighted by atomic mass is 9.93. The van der Waals surface area contributed by atoms with Gasteiger partial charge < -0.3 is 5.32 Å². The van der Waals surface area contributed by atoms with Gasteiger partial charge in [-0.1, -0.05) is 0 Å². The molecule has 2 atom stereocenters. The van der Waals surface area contributed by atoms with Crippen LogP contribution in [0.2, 0.25) is 0 Å².